The Kier molecular flexibility index (Phi) is 4.09. The fourth-order valence-electron chi connectivity index (χ4n) is 2.76. The first-order valence-electron chi connectivity index (χ1n) is 7.86. The van der Waals surface area contributed by atoms with Gasteiger partial charge in [-0.25, -0.2) is 4.39 Å². The number of hydrogen-bond acceptors (Lipinski definition) is 2. The van der Waals surface area contributed by atoms with Crippen molar-refractivity contribution in [3.05, 3.63) is 59.4 Å². The maximum atomic E-state index is 12.9. The molecule has 2 amide bonds. The molecule has 0 atom stereocenters. The van der Waals surface area contributed by atoms with Gasteiger partial charge in [-0.15, -0.1) is 0 Å². The Morgan fingerprint density at radius 1 is 0.875 bits per heavy atom. The smallest absolute Gasteiger partial charge is 0.240 e. The predicted octanol–water partition coefficient (Wildman–Crippen LogP) is 3.80. The van der Waals surface area contributed by atoms with Gasteiger partial charge in [-0.1, -0.05) is 6.07 Å². The number of halogens is 1. The van der Waals surface area contributed by atoms with Crippen molar-refractivity contribution in [2.75, 3.05) is 10.6 Å². The lowest BCUT2D eigenvalue weighted by Gasteiger charge is -2.16. The van der Waals surface area contributed by atoms with Crippen molar-refractivity contribution in [3.8, 4) is 0 Å². The van der Waals surface area contributed by atoms with Crippen molar-refractivity contribution >= 4 is 23.2 Å². The molecule has 4 nitrogen and oxygen atoms in total. The van der Waals surface area contributed by atoms with Crippen LogP contribution < -0.4 is 10.6 Å². The van der Waals surface area contributed by atoms with Crippen LogP contribution >= 0.6 is 0 Å². The van der Waals surface area contributed by atoms with Crippen LogP contribution in [0.2, 0.25) is 0 Å². The first-order chi connectivity index (χ1) is 11.4. The Hall–Kier alpha value is -2.69. The summed E-state index contributed by atoms with van der Waals surface area (Å²) in [5.74, 6) is -1.02. The molecule has 0 aromatic heterocycles. The molecule has 0 aliphatic heterocycles. The van der Waals surface area contributed by atoms with Gasteiger partial charge in [0.2, 0.25) is 11.8 Å². The molecule has 1 saturated carbocycles. The van der Waals surface area contributed by atoms with Gasteiger partial charge in [0.1, 0.15) is 11.2 Å². The van der Waals surface area contributed by atoms with Gasteiger partial charge in [0.25, 0.3) is 0 Å². The monoisotopic (exact) mass is 326 g/mol. The summed E-state index contributed by atoms with van der Waals surface area (Å²) in [7, 11) is 0. The molecule has 1 aliphatic carbocycles. The second-order valence-corrected chi connectivity index (χ2v) is 6.37. The molecule has 0 unspecified atom stereocenters. The van der Waals surface area contributed by atoms with Crippen LogP contribution in [0, 0.1) is 25.1 Å². The van der Waals surface area contributed by atoms with Crippen LogP contribution in [0.15, 0.2) is 42.5 Å². The molecule has 1 aliphatic rings. The second-order valence-electron chi connectivity index (χ2n) is 6.37. The van der Waals surface area contributed by atoms with E-state index in [1.807, 2.05) is 32.0 Å². The molecular formula is C19H19FN2O2. The number of anilines is 2. The normalized spacial score (nSPS) is 14.8. The minimum absolute atomic E-state index is 0.299. The Bertz CT molecular complexity index is 775. The molecule has 2 N–H and O–H groups in total. The average Bonchev–Trinajstić information content (AvgIpc) is 3.30. The first-order valence-corrected chi connectivity index (χ1v) is 7.86. The Morgan fingerprint density at radius 2 is 1.38 bits per heavy atom. The Labute approximate surface area is 140 Å². The van der Waals surface area contributed by atoms with Gasteiger partial charge in [0.15, 0.2) is 0 Å². The van der Waals surface area contributed by atoms with E-state index in [2.05, 4.69) is 10.6 Å². The summed E-state index contributed by atoms with van der Waals surface area (Å²) in [6.45, 7) is 3.91. The molecule has 0 heterocycles. The summed E-state index contributed by atoms with van der Waals surface area (Å²) in [6, 6.07) is 11.3. The molecule has 2 aromatic rings. The third-order valence-corrected chi connectivity index (χ3v) is 4.20. The summed E-state index contributed by atoms with van der Waals surface area (Å²) in [5, 5.41) is 5.54. The Morgan fingerprint density at radius 3 is 1.88 bits per heavy atom. The maximum Gasteiger partial charge on any atom is 0.240 e. The molecule has 3 rings (SSSR count). The minimum atomic E-state index is -1.04. The molecule has 0 radical (unpaired) electrons. The molecule has 2 aromatic carbocycles. The zero-order valence-electron chi connectivity index (χ0n) is 13.7. The van der Waals surface area contributed by atoms with Crippen LogP contribution in [-0.4, -0.2) is 11.8 Å². The maximum absolute atomic E-state index is 12.9. The van der Waals surface area contributed by atoms with Gasteiger partial charge >= 0.3 is 0 Å². The highest BCUT2D eigenvalue weighted by molar-refractivity contribution is 6.16. The van der Waals surface area contributed by atoms with E-state index in [-0.39, 0.29) is 17.6 Å². The second kappa shape index (κ2) is 6.07. The van der Waals surface area contributed by atoms with Crippen molar-refractivity contribution in [2.45, 2.75) is 26.7 Å². The van der Waals surface area contributed by atoms with E-state index in [9.17, 15) is 14.0 Å². The minimum Gasteiger partial charge on any atom is -0.325 e. The van der Waals surface area contributed by atoms with E-state index >= 15 is 0 Å². The van der Waals surface area contributed by atoms with E-state index in [1.54, 1.807) is 0 Å². The summed E-state index contributed by atoms with van der Waals surface area (Å²) in [6.07, 6.45) is 1.02. The molecule has 24 heavy (non-hydrogen) atoms. The number of benzene rings is 2. The number of carbonyl (C=O) groups excluding carboxylic acids is 2. The fraction of sp³-hybridized carbons (Fsp3) is 0.263. The van der Waals surface area contributed by atoms with Crippen molar-refractivity contribution in [1.82, 2.24) is 0 Å². The van der Waals surface area contributed by atoms with Gasteiger partial charge in [0, 0.05) is 11.4 Å². The summed E-state index contributed by atoms with van der Waals surface area (Å²) in [5.41, 5.74) is 2.23. The van der Waals surface area contributed by atoms with Crippen LogP contribution in [0.3, 0.4) is 0 Å². The van der Waals surface area contributed by atoms with Gasteiger partial charge in [-0.3, -0.25) is 9.59 Å². The number of amides is 2. The fourth-order valence-corrected chi connectivity index (χ4v) is 2.76. The van der Waals surface area contributed by atoms with Crippen LogP contribution in [0.25, 0.3) is 0 Å². The van der Waals surface area contributed by atoms with Crippen LogP contribution in [0.4, 0.5) is 15.8 Å². The van der Waals surface area contributed by atoms with E-state index in [0.29, 0.717) is 24.2 Å². The molecule has 124 valence electrons. The van der Waals surface area contributed by atoms with Crippen molar-refractivity contribution in [2.24, 2.45) is 5.41 Å². The highest BCUT2D eigenvalue weighted by Gasteiger charge is 2.56. The number of rotatable bonds is 4. The van der Waals surface area contributed by atoms with Crippen LogP contribution in [0.5, 0.6) is 0 Å². The summed E-state index contributed by atoms with van der Waals surface area (Å²) in [4.78, 5) is 25.1. The molecular weight excluding hydrogens is 307 g/mol. The predicted molar refractivity (Wildman–Crippen MR) is 91.2 cm³/mol. The van der Waals surface area contributed by atoms with Crippen molar-refractivity contribution < 1.29 is 14.0 Å². The van der Waals surface area contributed by atoms with E-state index in [1.165, 1.54) is 24.3 Å². The standard InChI is InChI=1S/C19H19FN2O2/c1-12-9-13(2)11-16(10-12)22-18(24)19(7-8-19)17(23)21-15-5-3-14(20)4-6-15/h3-6,9-11H,7-8H2,1-2H3,(H,21,23)(H,22,24). The van der Waals surface area contributed by atoms with E-state index in [0.717, 1.165) is 11.1 Å². The number of nitrogens with one attached hydrogen (secondary N) is 2. The van der Waals surface area contributed by atoms with E-state index < -0.39 is 5.41 Å². The van der Waals surface area contributed by atoms with Crippen molar-refractivity contribution in [3.63, 3.8) is 0 Å². The number of hydrogen-bond donors (Lipinski definition) is 2. The zero-order valence-corrected chi connectivity index (χ0v) is 13.7. The Balaban J connectivity index is 1.71. The van der Waals surface area contributed by atoms with Gasteiger partial charge < -0.3 is 10.6 Å². The zero-order chi connectivity index (χ0) is 17.3. The summed E-state index contributed by atoms with van der Waals surface area (Å²) < 4.78 is 12.9. The third kappa shape index (κ3) is 3.30. The highest BCUT2D eigenvalue weighted by Crippen LogP contribution is 2.47. The average molecular weight is 326 g/mol. The van der Waals surface area contributed by atoms with Crippen LogP contribution in [0.1, 0.15) is 24.0 Å². The number of aryl methyl sites for hydroxylation is 2. The van der Waals surface area contributed by atoms with Crippen LogP contribution in [-0.2, 0) is 9.59 Å². The van der Waals surface area contributed by atoms with E-state index in [4.69, 9.17) is 0 Å². The lowest BCUT2D eigenvalue weighted by atomic mass is 10.0. The molecule has 1 fully saturated rings. The molecule has 0 bridgehead atoms. The number of carbonyl (C=O) groups is 2. The molecule has 0 spiro atoms. The first kappa shape index (κ1) is 16.2. The topological polar surface area (TPSA) is 58.2 Å². The largest absolute Gasteiger partial charge is 0.325 e. The molecule has 5 heteroatoms. The summed E-state index contributed by atoms with van der Waals surface area (Å²) >= 11 is 0. The van der Waals surface area contributed by atoms with Gasteiger partial charge in [0.05, 0.1) is 0 Å². The highest BCUT2D eigenvalue weighted by atomic mass is 19.1. The lowest BCUT2D eigenvalue weighted by Crippen LogP contribution is -2.35. The SMILES string of the molecule is Cc1cc(C)cc(NC(=O)C2(C(=O)Nc3ccc(F)cc3)CC2)c1. The molecule has 0 saturated heterocycles. The lowest BCUT2D eigenvalue weighted by molar-refractivity contribution is -0.131. The third-order valence-electron chi connectivity index (χ3n) is 4.20. The quantitative estimate of drug-likeness (QED) is 0.840. The van der Waals surface area contributed by atoms with Gasteiger partial charge in [-0.2, -0.15) is 0 Å². The van der Waals surface area contributed by atoms with Crippen molar-refractivity contribution in [1.29, 1.82) is 0 Å². The van der Waals surface area contributed by atoms with Gasteiger partial charge in [-0.05, 0) is 74.2 Å².